The molecule has 0 nitrogen and oxygen atoms in total. The minimum atomic E-state index is -6.13. The van der Waals surface area contributed by atoms with E-state index < -0.39 is 218 Å². The summed E-state index contributed by atoms with van der Waals surface area (Å²) in [5, 5.41) is 0. The number of halogens is 30. The van der Waals surface area contributed by atoms with Crippen molar-refractivity contribution < 1.29 is 132 Å². The smallest absolute Gasteiger partial charge is 0.194 e. The Kier molecular flexibility index (Phi) is 16.6. The van der Waals surface area contributed by atoms with Crippen molar-refractivity contribution in [1.29, 1.82) is 0 Å². The molecule has 0 spiro atoms. The van der Waals surface area contributed by atoms with Crippen LogP contribution in [0.2, 0.25) is 0 Å². The van der Waals surface area contributed by atoms with E-state index in [1.807, 2.05) is 0 Å². The molecule has 0 amide bonds. The topological polar surface area (TPSA) is 0 Å². The highest BCUT2D eigenvalue weighted by atomic mass is 32.2. The van der Waals surface area contributed by atoms with Crippen molar-refractivity contribution in [2.45, 2.75) is 67.5 Å². The molecule has 0 atom stereocenters. The van der Waals surface area contributed by atoms with E-state index in [1.165, 1.54) is 0 Å². The Morgan fingerprint density at radius 2 is 0.373 bits per heavy atom. The van der Waals surface area contributed by atoms with Crippen LogP contribution in [0.4, 0.5) is 132 Å². The lowest BCUT2D eigenvalue weighted by molar-refractivity contribution is -0.144. The summed E-state index contributed by atoms with van der Waals surface area (Å²) in [6.07, 6.45) is -60.8. The molecule has 0 fully saturated rings. The van der Waals surface area contributed by atoms with Crippen molar-refractivity contribution in [2.75, 3.05) is 12.5 Å². The third-order valence-corrected chi connectivity index (χ3v) is 11.5. The Morgan fingerprint density at radius 1 is 0.240 bits per heavy atom. The summed E-state index contributed by atoms with van der Waals surface area (Å²) in [5.41, 5.74) is -32.6. The van der Waals surface area contributed by atoms with Gasteiger partial charge in [0.2, 0.25) is 0 Å². The van der Waals surface area contributed by atoms with Crippen molar-refractivity contribution in [3.63, 3.8) is 0 Å². The maximum absolute atomic E-state index is 14.2. The molecule has 0 radical (unpaired) electrons. The number of rotatable bonds is 6. The second-order valence-electron chi connectivity index (χ2n) is 16.3. The van der Waals surface area contributed by atoms with Crippen molar-refractivity contribution in [3.05, 3.63) is 152 Å². The van der Waals surface area contributed by atoms with Crippen LogP contribution >= 0.6 is 0 Å². The fraction of sp³-hybridized carbons (Fsp3) is 0.302. The van der Waals surface area contributed by atoms with Crippen LogP contribution < -0.4 is 21.9 Å². The third-order valence-electron chi connectivity index (χ3n) is 10.5. The molecule has 0 aromatic heterocycles. The van der Waals surface area contributed by atoms with Gasteiger partial charge in [0.05, 0.1) is 68.1 Å². The fourth-order valence-corrected chi connectivity index (χ4v) is 8.34. The average molecular weight is 1150 g/mol. The quantitative estimate of drug-likeness (QED) is 0.0903. The van der Waals surface area contributed by atoms with E-state index >= 15 is 0 Å². The second kappa shape index (κ2) is 20.1. The monoisotopic (exact) mass is 1150 g/mol. The molecular weight excluding hydrogens is 1130 g/mol. The van der Waals surface area contributed by atoms with Crippen molar-refractivity contribution in [3.8, 4) is 0 Å². The highest BCUT2D eigenvalue weighted by Crippen LogP contribution is 2.42. The maximum atomic E-state index is 14.2. The Labute approximate surface area is 402 Å². The molecule has 414 valence electrons. The molecule has 32 heteroatoms. The van der Waals surface area contributed by atoms with Gasteiger partial charge in [-0.3, -0.25) is 0 Å². The largest absolute Gasteiger partial charge is 0.416 e. The van der Waals surface area contributed by atoms with Crippen LogP contribution in [-0.2, 0) is 78.4 Å². The zero-order valence-electron chi connectivity index (χ0n) is 36.2. The molecule has 0 aliphatic rings. The summed E-state index contributed by atoms with van der Waals surface area (Å²) in [4.78, 5) is 0. The second-order valence-corrected chi connectivity index (χ2v) is 18.5. The van der Waals surface area contributed by atoms with E-state index in [1.54, 1.807) is 12.5 Å². The van der Waals surface area contributed by atoms with Crippen LogP contribution in [0.1, 0.15) is 61.2 Å². The molecule has 5 rings (SSSR count). The van der Waals surface area contributed by atoms with E-state index in [4.69, 9.17) is 0 Å². The molecular formula is C43H23BF30S. The van der Waals surface area contributed by atoms with Gasteiger partial charge in [0, 0.05) is 5.56 Å². The van der Waals surface area contributed by atoms with Gasteiger partial charge in [-0.05, 0) is 53.4 Å². The highest BCUT2D eigenvalue weighted by Gasteiger charge is 2.47. The van der Waals surface area contributed by atoms with Crippen LogP contribution in [0, 0.1) is 0 Å². The average Bonchev–Trinajstić information content (AvgIpc) is 3.20. The zero-order valence-corrected chi connectivity index (χ0v) is 37.0. The predicted octanol–water partition coefficient (Wildman–Crippen LogP) is 15.3. The summed E-state index contributed by atoms with van der Waals surface area (Å²) in [6, 6.07) is -7.10. The third kappa shape index (κ3) is 14.9. The van der Waals surface area contributed by atoms with Gasteiger partial charge in [-0.2, -0.15) is 154 Å². The van der Waals surface area contributed by atoms with Gasteiger partial charge in [0.15, 0.2) is 0 Å². The number of alkyl halides is 30. The zero-order chi connectivity index (χ0) is 58.1. The minimum absolute atomic E-state index is 0.0606. The molecule has 5 aromatic carbocycles. The lowest BCUT2D eigenvalue weighted by atomic mass is 9.12. The van der Waals surface area contributed by atoms with Gasteiger partial charge in [0.25, 0.3) is 0 Å². The minimum Gasteiger partial charge on any atom is -0.194 e. The molecule has 0 saturated carbocycles. The van der Waals surface area contributed by atoms with Gasteiger partial charge in [-0.1, -0.05) is 48.5 Å². The van der Waals surface area contributed by atoms with E-state index in [-0.39, 0.29) is 28.3 Å². The van der Waals surface area contributed by atoms with E-state index in [0.717, 1.165) is 12.1 Å². The van der Waals surface area contributed by atoms with E-state index in [2.05, 4.69) is 0 Å². The van der Waals surface area contributed by atoms with Crippen LogP contribution in [-0.4, -0.2) is 18.7 Å². The lowest BCUT2D eigenvalue weighted by Crippen LogP contribution is -2.75. The molecule has 5 aromatic rings. The van der Waals surface area contributed by atoms with Gasteiger partial charge >= 0.3 is 61.8 Å². The van der Waals surface area contributed by atoms with Gasteiger partial charge in [-0.15, -0.1) is 0 Å². The first kappa shape index (κ1) is 62.0. The first-order valence-electron chi connectivity index (χ1n) is 19.4. The normalized spacial score (nSPS) is 14.0. The summed E-state index contributed by atoms with van der Waals surface area (Å²) in [6.45, 7) is 0. The molecule has 0 aliphatic heterocycles. The van der Waals surface area contributed by atoms with Gasteiger partial charge < -0.3 is 0 Å². The van der Waals surface area contributed by atoms with Crippen molar-refractivity contribution in [1.82, 2.24) is 0 Å². The molecule has 0 unspecified atom stereocenters. The molecule has 0 bridgehead atoms. The molecule has 75 heavy (non-hydrogen) atoms. The fourth-order valence-electron chi connectivity index (χ4n) is 7.51. The highest BCUT2D eigenvalue weighted by molar-refractivity contribution is 7.94. The van der Waals surface area contributed by atoms with Gasteiger partial charge in [0.1, 0.15) is 11.9 Å². The Morgan fingerprint density at radius 3 is 0.493 bits per heavy atom. The Balaban J connectivity index is 0.000000569. The molecule has 0 N–H and O–H groups in total. The first-order valence-corrected chi connectivity index (χ1v) is 21.7. The summed E-state index contributed by atoms with van der Waals surface area (Å²) in [7, 11) is -0.271. The SMILES string of the molecule is C[S+](C)Cc1cc(C(F)(F)F)cc(C(F)(F)F)c1.FC(F)(F)c1cc([B-](c2cc(C(F)(F)F)cc(C(F)(F)F)c2)(c2cc(C(F)(F)F)cc(C(F)(F)F)c2)c2cc(C(F)(F)F)cc(C(F)(F)F)c2)cc(C(F)(F)F)c1. The van der Waals surface area contributed by atoms with E-state index in [9.17, 15) is 132 Å². The lowest BCUT2D eigenvalue weighted by Gasteiger charge is -2.46. The summed E-state index contributed by atoms with van der Waals surface area (Å²) >= 11 is 0. The Bertz CT molecular complexity index is 2370. The standard InChI is InChI=1S/C32H12BF24.C11H11F6S/c34-25(35,36)13-1-14(26(37,38)39)6-21(5-13)33(22-7-15(27(40,41)42)2-16(8-22)28(43,44)45,23-9-17(29(46,47)48)3-18(10-23)30(49,50)51)24-11-19(31(52,53)54)4-20(12-24)32(55,56)57;1-18(2)6-7-3-8(10(12,13)14)5-9(4-7)11(15,16)17/h1-12H;3-5H,6H2,1-2H3/q-1;+1. The summed E-state index contributed by atoms with van der Waals surface area (Å²) < 4.78 is 416. The molecule has 0 saturated heterocycles. The van der Waals surface area contributed by atoms with Crippen LogP contribution in [0.3, 0.4) is 0 Å². The Hall–Kier alpha value is -5.59. The van der Waals surface area contributed by atoms with Gasteiger partial charge in [-0.25, -0.2) is 0 Å². The summed E-state index contributed by atoms with van der Waals surface area (Å²) in [5.74, 6) is 0.201. The van der Waals surface area contributed by atoms with Crippen LogP contribution in [0.5, 0.6) is 0 Å². The number of benzene rings is 5. The van der Waals surface area contributed by atoms with Crippen LogP contribution in [0.25, 0.3) is 0 Å². The first-order chi connectivity index (χ1) is 33.3. The number of hydrogen-bond donors (Lipinski definition) is 0. The van der Waals surface area contributed by atoms with Crippen molar-refractivity contribution >= 4 is 38.9 Å². The predicted molar refractivity (Wildman–Crippen MR) is 209 cm³/mol. The van der Waals surface area contributed by atoms with Crippen molar-refractivity contribution in [2.24, 2.45) is 0 Å². The van der Waals surface area contributed by atoms with E-state index in [0.29, 0.717) is 0 Å². The van der Waals surface area contributed by atoms with Crippen LogP contribution in [0.15, 0.2) is 91.0 Å². The molecule has 0 aliphatic carbocycles. The molecule has 0 heterocycles. The number of hydrogen-bond acceptors (Lipinski definition) is 0. The maximum Gasteiger partial charge on any atom is 0.416 e.